The molecule has 5 heteroatoms. The van der Waals surface area contributed by atoms with Gasteiger partial charge < -0.3 is 10.0 Å². The number of aromatic carboxylic acids is 1. The molecule has 4 nitrogen and oxygen atoms in total. The van der Waals surface area contributed by atoms with Gasteiger partial charge in [0.05, 0.1) is 5.56 Å². The smallest absolute Gasteiger partial charge is 0.335 e. The highest BCUT2D eigenvalue weighted by molar-refractivity contribution is 6.29. The van der Waals surface area contributed by atoms with E-state index >= 15 is 0 Å². The van der Waals surface area contributed by atoms with Crippen LogP contribution in [0.5, 0.6) is 0 Å². The van der Waals surface area contributed by atoms with Crippen LogP contribution in [0.15, 0.2) is 12.1 Å². The Bertz CT molecular complexity index is 396. The van der Waals surface area contributed by atoms with Crippen LogP contribution >= 0.6 is 11.6 Å². The summed E-state index contributed by atoms with van der Waals surface area (Å²) in [6.45, 7) is 4.10. The fraction of sp³-hybridized carbons (Fsp3) is 0.455. The van der Waals surface area contributed by atoms with Gasteiger partial charge in [-0.05, 0) is 25.5 Å². The lowest BCUT2D eigenvalue weighted by Crippen LogP contribution is -2.29. The van der Waals surface area contributed by atoms with Crippen molar-refractivity contribution in [3.05, 3.63) is 22.8 Å². The Morgan fingerprint density at radius 3 is 2.75 bits per heavy atom. The van der Waals surface area contributed by atoms with Crippen molar-refractivity contribution in [2.24, 2.45) is 0 Å². The van der Waals surface area contributed by atoms with Crippen LogP contribution in [-0.4, -0.2) is 29.1 Å². The third-order valence-corrected chi connectivity index (χ3v) is 2.83. The molecule has 0 aromatic carbocycles. The summed E-state index contributed by atoms with van der Waals surface area (Å²) in [4.78, 5) is 16.9. The van der Waals surface area contributed by atoms with Crippen LogP contribution < -0.4 is 4.90 Å². The molecule has 0 radical (unpaired) electrons. The molecule has 1 N–H and O–H groups in total. The first-order valence-electron chi connectivity index (χ1n) is 5.09. The minimum absolute atomic E-state index is 0.158. The molecule has 0 aliphatic heterocycles. The molecule has 0 amide bonds. The Balaban J connectivity index is 3.09. The highest BCUT2D eigenvalue weighted by Crippen LogP contribution is 2.19. The number of carboxylic acids is 1. The average Bonchev–Trinajstić information content (AvgIpc) is 2.26. The zero-order valence-corrected chi connectivity index (χ0v) is 10.3. The molecule has 88 valence electrons. The summed E-state index contributed by atoms with van der Waals surface area (Å²) in [6.07, 6.45) is 0.951. The molecule has 1 rings (SSSR count). The van der Waals surface area contributed by atoms with Crippen molar-refractivity contribution in [3.63, 3.8) is 0 Å². The van der Waals surface area contributed by atoms with Gasteiger partial charge in [0.25, 0.3) is 0 Å². The predicted octanol–water partition coefficient (Wildman–Crippen LogP) is 2.67. The first-order valence-corrected chi connectivity index (χ1v) is 5.47. The summed E-state index contributed by atoms with van der Waals surface area (Å²) in [6, 6.07) is 3.16. The average molecular weight is 243 g/mol. The molecule has 0 aliphatic rings. The first-order chi connectivity index (χ1) is 7.45. The van der Waals surface area contributed by atoms with Crippen molar-refractivity contribution < 1.29 is 9.90 Å². The lowest BCUT2D eigenvalue weighted by Gasteiger charge is -2.25. The van der Waals surface area contributed by atoms with Gasteiger partial charge in [0, 0.05) is 13.1 Å². The fourth-order valence-electron chi connectivity index (χ4n) is 1.29. The third-order valence-electron chi connectivity index (χ3n) is 2.64. The van der Waals surface area contributed by atoms with Crippen LogP contribution in [0, 0.1) is 0 Å². The summed E-state index contributed by atoms with van der Waals surface area (Å²) in [5.41, 5.74) is 0.158. The van der Waals surface area contributed by atoms with E-state index < -0.39 is 5.97 Å². The molecule has 0 aliphatic carbocycles. The predicted molar refractivity (Wildman–Crippen MR) is 64.4 cm³/mol. The molecule has 1 aromatic heterocycles. The second-order valence-electron chi connectivity index (χ2n) is 3.71. The Hall–Kier alpha value is -1.29. The van der Waals surface area contributed by atoms with E-state index in [1.54, 1.807) is 0 Å². The monoisotopic (exact) mass is 242 g/mol. The molecule has 1 atom stereocenters. The van der Waals surface area contributed by atoms with E-state index in [9.17, 15) is 4.79 Å². The summed E-state index contributed by atoms with van der Waals surface area (Å²) in [5.74, 6) is -0.414. The molecular formula is C11H15ClN2O2. The largest absolute Gasteiger partial charge is 0.478 e. The topological polar surface area (TPSA) is 53.4 Å². The number of rotatable bonds is 4. The molecule has 0 saturated carbocycles. The standard InChI is InChI=1S/C11H15ClN2O2/c1-4-7(2)14(3)10-6-8(11(15)16)5-9(12)13-10/h5-7H,4H2,1-3H3,(H,15,16). The van der Waals surface area contributed by atoms with Gasteiger partial charge in [-0.25, -0.2) is 9.78 Å². The minimum atomic E-state index is -0.997. The van der Waals surface area contributed by atoms with E-state index in [0.717, 1.165) is 6.42 Å². The number of anilines is 1. The van der Waals surface area contributed by atoms with Crippen molar-refractivity contribution in [3.8, 4) is 0 Å². The van der Waals surface area contributed by atoms with Gasteiger partial charge in [-0.2, -0.15) is 0 Å². The minimum Gasteiger partial charge on any atom is -0.478 e. The third kappa shape index (κ3) is 2.85. The molecule has 1 unspecified atom stereocenters. The van der Waals surface area contributed by atoms with E-state index in [2.05, 4.69) is 11.9 Å². The lowest BCUT2D eigenvalue weighted by molar-refractivity contribution is 0.0697. The van der Waals surface area contributed by atoms with Crippen LogP contribution in [0.1, 0.15) is 30.6 Å². The second-order valence-corrected chi connectivity index (χ2v) is 4.10. The van der Waals surface area contributed by atoms with E-state index in [1.807, 2.05) is 18.9 Å². The van der Waals surface area contributed by atoms with Gasteiger partial charge >= 0.3 is 5.97 Å². The number of hydrogen-bond donors (Lipinski definition) is 1. The number of carbonyl (C=O) groups is 1. The highest BCUT2D eigenvalue weighted by Gasteiger charge is 2.13. The summed E-state index contributed by atoms with van der Waals surface area (Å²) < 4.78 is 0. The van der Waals surface area contributed by atoms with Crippen LogP contribution in [0.3, 0.4) is 0 Å². The Kier molecular flexibility index (Phi) is 4.12. The highest BCUT2D eigenvalue weighted by atomic mass is 35.5. The van der Waals surface area contributed by atoms with E-state index in [0.29, 0.717) is 5.82 Å². The van der Waals surface area contributed by atoms with Gasteiger partial charge in [-0.15, -0.1) is 0 Å². The molecule has 0 spiro atoms. The van der Waals surface area contributed by atoms with E-state index in [-0.39, 0.29) is 16.8 Å². The summed E-state index contributed by atoms with van der Waals surface area (Å²) >= 11 is 5.78. The van der Waals surface area contributed by atoms with Gasteiger partial charge in [0.2, 0.25) is 0 Å². The summed E-state index contributed by atoms with van der Waals surface area (Å²) in [7, 11) is 1.87. The molecule has 16 heavy (non-hydrogen) atoms. The Labute approximate surface area is 99.9 Å². The normalized spacial score (nSPS) is 12.2. The van der Waals surface area contributed by atoms with Crippen LogP contribution in [0.4, 0.5) is 5.82 Å². The molecule has 0 saturated heterocycles. The molecular weight excluding hydrogens is 228 g/mol. The maximum Gasteiger partial charge on any atom is 0.335 e. The van der Waals surface area contributed by atoms with Crippen molar-refractivity contribution >= 4 is 23.4 Å². The zero-order valence-electron chi connectivity index (χ0n) is 9.57. The van der Waals surface area contributed by atoms with Crippen molar-refractivity contribution in [1.29, 1.82) is 0 Å². The lowest BCUT2D eigenvalue weighted by atomic mass is 10.2. The number of aromatic nitrogens is 1. The van der Waals surface area contributed by atoms with Crippen LogP contribution in [-0.2, 0) is 0 Å². The maximum atomic E-state index is 10.9. The maximum absolute atomic E-state index is 10.9. The van der Waals surface area contributed by atoms with Gasteiger partial charge in [0.1, 0.15) is 11.0 Å². The number of halogens is 1. The van der Waals surface area contributed by atoms with Gasteiger partial charge in [-0.1, -0.05) is 18.5 Å². The second kappa shape index (κ2) is 5.16. The molecule has 0 bridgehead atoms. The molecule has 1 heterocycles. The summed E-state index contributed by atoms with van der Waals surface area (Å²) in [5, 5.41) is 9.11. The number of pyridine rings is 1. The number of hydrogen-bond acceptors (Lipinski definition) is 3. The first kappa shape index (κ1) is 12.8. The van der Waals surface area contributed by atoms with Crippen LogP contribution in [0.25, 0.3) is 0 Å². The fourth-order valence-corrected chi connectivity index (χ4v) is 1.49. The number of carboxylic acid groups (broad SMARTS) is 1. The van der Waals surface area contributed by atoms with E-state index in [4.69, 9.17) is 16.7 Å². The SMILES string of the molecule is CCC(C)N(C)c1cc(C(=O)O)cc(Cl)n1. The number of nitrogens with zero attached hydrogens (tertiary/aromatic N) is 2. The van der Waals surface area contributed by atoms with Gasteiger partial charge in [0.15, 0.2) is 0 Å². The Morgan fingerprint density at radius 2 is 2.25 bits per heavy atom. The van der Waals surface area contributed by atoms with E-state index in [1.165, 1.54) is 12.1 Å². The molecule has 1 aromatic rings. The van der Waals surface area contributed by atoms with Crippen LogP contribution in [0.2, 0.25) is 5.15 Å². The Morgan fingerprint density at radius 1 is 1.62 bits per heavy atom. The zero-order chi connectivity index (χ0) is 12.3. The quantitative estimate of drug-likeness (QED) is 0.825. The van der Waals surface area contributed by atoms with Crippen molar-refractivity contribution in [1.82, 2.24) is 4.98 Å². The van der Waals surface area contributed by atoms with Gasteiger partial charge in [-0.3, -0.25) is 0 Å². The molecule has 0 fully saturated rings. The van der Waals surface area contributed by atoms with Crippen molar-refractivity contribution in [2.75, 3.05) is 11.9 Å². The van der Waals surface area contributed by atoms with Crippen molar-refractivity contribution in [2.45, 2.75) is 26.3 Å².